The van der Waals surface area contributed by atoms with E-state index in [4.69, 9.17) is 9.29 Å². The zero-order valence-corrected chi connectivity index (χ0v) is 8.10. The van der Waals surface area contributed by atoms with E-state index in [1.54, 1.807) is 13.8 Å². The van der Waals surface area contributed by atoms with E-state index in [1.807, 2.05) is 0 Å². The first-order chi connectivity index (χ1) is 5.52. The molecule has 0 aliphatic carbocycles. The molecule has 0 aromatic carbocycles. The molecule has 0 amide bonds. The number of ether oxygens (including phenoxy) is 1. The molecule has 0 radical (unpaired) electrons. The summed E-state index contributed by atoms with van der Waals surface area (Å²) < 4.78 is 23.3. The predicted molar refractivity (Wildman–Crippen MR) is 46.1 cm³/mol. The van der Waals surface area contributed by atoms with E-state index in [9.17, 15) is 9.00 Å². The van der Waals surface area contributed by atoms with Gasteiger partial charge in [0.2, 0.25) is 0 Å². The van der Waals surface area contributed by atoms with Crippen LogP contribution in [0.4, 0.5) is 0 Å². The highest BCUT2D eigenvalue weighted by atomic mass is 32.2. The quantitative estimate of drug-likeness (QED) is 0.522. The van der Waals surface area contributed by atoms with E-state index in [-0.39, 0.29) is 24.2 Å². The van der Waals surface area contributed by atoms with Crippen LogP contribution in [0.25, 0.3) is 0 Å². The maximum Gasteiger partial charge on any atom is 0.306 e. The molecule has 72 valence electrons. The zero-order valence-electron chi connectivity index (χ0n) is 7.28. The van der Waals surface area contributed by atoms with Crippen LogP contribution in [0.2, 0.25) is 0 Å². The molecular formula is C7H14O4S. The van der Waals surface area contributed by atoms with Crippen molar-refractivity contribution in [2.24, 2.45) is 0 Å². The fourth-order valence-corrected chi connectivity index (χ4v) is 1.05. The molecule has 0 saturated carbocycles. The lowest BCUT2D eigenvalue weighted by atomic mass is 10.3. The minimum absolute atomic E-state index is 0.114. The Morgan fingerprint density at radius 2 is 2.17 bits per heavy atom. The van der Waals surface area contributed by atoms with Crippen molar-refractivity contribution in [3.63, 3.8) is 0 Å². The van der Waals surface area contributed by atoms with Crippen LogP contribution in [0.15, 0.2) is 0 Å². The first kappa shape index (κ1) is 11.6. The van der Waals surface area contributed by atoms with Gasteiger partial charge in [-0.25, -0.2) is 4.21 Å². The Bertz CT molecular complexity index is 167. The number of hydrogen-bond donors (Lipinski definition) is 1. The molecule has 0 aromatic rings. The summed E-state index contributed by atoms with van der Waals surface area (Å²) in [6.07, 6.45) is 0.496. The van der Waals surface area contributed by atoms with Gasteiger partial charge in [-0.15, -0.1) is 0 Å². The minimum atomic E-state index is -1.80. The van der Waals surface area contributed by atoms with Crippen LogP contribution in [-0.4, -0.2) is 26.6 Å². The number of carbonyl (C=O) groups excluding carboxylic acids is 1. The Morgan fingerprint density at radius 3 is 2.58 bits per heavy atom. The highest BCUT2D eigenvalue weighted by molar-refractivity contribution is 7.79. The first-order valence-electron chi connectivity index (χ1n) is 3.79. The van der Waals surface area contributed by atoms with Gasteiger partial charge in [-0.05, 0) is 20.3 Å². The summed E-state index contributed by atoms with van der Waals surface area (Å²) in [5, 5.41) is 0. The maximum absolute atomic E-state index is 10.8. The number of rotatable bonds is 5. The zero-order chi connectivity index (χ0) is 9.56. The SMILES string of the molecule is CC(C)OC(=O)CCCS(=O)O. The molecule has 0 saturated heterocycles. The second-order valence-electron chi connectivity index (χ2n) is 2.67. The Morgan fingerprint density at radius 1 is 1.58 bits per heavy atom. The van der Waals surface area contributed by atoms with Gasteiger partial charge in [0.25, 0.3) is 0 Å². The van der Waals surface area contributed by atoms with Gasteiger partial charge < -0.3 is 9.29 Å². The lowest BCUT2D eigenvalue weighted by Crippen LogP contribution is -2.11. The molecule has 0 bridgehead atoms. The third-order valence-electron chi connectivity index (χ3n) is 1.07. The number of esters is 1. The molecule has 1 N–H and O–H groups in total. The summed E-state index contributed by atoms with van der Waals surface area (Å²) in [6, 6.07) is 0. The molecule has 0 aliphatic rings. The average Bonchev–Trinajstić information content (AvgIpc) is 1.84. The first-order valence-corrected chi connectivity index (χ1v) is 5.07. The van der Waals surface area contributed by atoms with Gasteiger partial charge in [0.1, 0.15) is 0 Å². The molecule has 1 unspecified atom stereocenters. The van der Waals surface area contributed by atoms with Gasteiger partial charge in [0, 0.05) is 12.2 Å². The molecule has 0 rings (SSSR count). The fourth-order valence-electron chi connectivity index (χ4n) is 0.662. The van der Waals surface area contributed by atoms with Crippen LogP contribution < -0.4 is 0 Å². The second kappa shape index (κ2) is 6.14. The molecule has 0 fully saturated rings. The van der Waals surface area contributed by atoms with Crippen molar-refractivity contribution in [3.05, 3.63) is 0 Å². The summed E-state index contributed by atoms with van der Waals surface area (Å²) in [4.78, 5) is 10.8. The van der Waals surface area contributed by atoms with Crippen LogP contribution >= 0.6 is 0 Å². The smallest absolute Gasteiger partial charge is 0.306 e. The minimum Gasteiger partial charge on any atom is -0.463 e. The lowest BCUT2D eigenvalue weighted by Gasteiger charge is -2.06. The highest BCUT2D eigenvalue weighted by Crippen LogP contribution is 1.97. The highest BCUT2D eigenvalue weighted by Gasteiger charge is 2.05. The summed E-state index contributed by atoms with van der Waals surface area (Å²) in [5.74, 6) is -0.178. The molecule has 0 aromatic heterocycles. The van der Waals surface area contributed by atoms with Gasteiger partial charge >= 0.3 is 5.97 Å². The van der Waals surface area contributed by atoms with Gasteiger partial charge in [-0.1, -0.05) is 0 Å². The largest absolute Gasteiger partial charge is 0.463 e. The maximum atomic E-state index is 10.8. The molecule has 1 atom stereocenters. The van der Waals surface area contributed by atoms with Crippen molar-refractivity contribution in [1.29, 1.82) is 0 Å². The van der Waals surface area contributed by atoms with Crippen molar-refractivity contribution in [1.82, 2.24) is 0 Å². The molecule has 12 heavy (non-hydrogen) atoms. The summed E-state index contributed by atoms with van der Waals surface area (Å²) in [6.45, 7) is 3.53. The number of hydrogen-bond acceptors (Lipinski definition) is 3. The molecule has 0 aliphatic heterocycles. The van der Waals surface area contributed by atoms with E-state index >= 15 is 0 Å². The van der Waals surface area contributed by atoms with Crippen LogP contribution in [-0.2, 0) is 20.6 Å². The van der Waals surface area contributed by atoms with Gasteiger partial charge in [0.15, 0.2) is 11.1 Å². The predicted octanol–water partition coefficient (Wildman–Crippen LogP) is 0.940. The summed E-state index contributed by atoms with van der Waals surface area (Å²) in [5.41, 5.74) is 0. The fraction of sp³-hybridized carbons (Fsp3) is 0.857. The van der Waals surface area contributed by atoms with E-state index in [0.717, 1.165) is 0 Å². The van der Waals surface area contributed by atoms with Crippen molar-refractivity contribution in [3.8, 4) is 0 Å². The van der Waals surface area contributed by atoms with Crippen LogP contribution in [0.5, 0.6) is 0 Å². The monoisotopic (exact) mass is 194 g/mol. The van der Waals surface area contributed by atoms with E-state index in [2.05, 4.69) is 0 Å². The topological polar surface area (TPSA) is 63.6 Å². The Hall–Kier alpha value is -0.420. The van der Waals surface area contributed by atoms with Crippen LogP contribution in [0, 0.1) is 0 Å². The van der Waals surface area contributed by atoms with E-state index < -0.39 is 11.1 Å². The van der Waals surface area contributed by atoms with Crippen molar-refractivity contribution < 1.29 is 18.3 Å². The summed E-state index contributed by atoms with van der Waals surface area (Å²) in [7, 11) is 0. The third-order valence-corrected chi connectivity index (χ3v) is 1.70. The Labute approximate surface area is 74.6 Å². The average molecular weight is 194 g/mol. The van der Waals surface area contributed by atoms with Crippen molar-refractivity contribution >= 4 is 17.0 Å². The molecule has 0 heterocycles. The Balaban J connectivity index is 3.38. The van der Waals surface area contributed by atoms with E-state index in [0.29, 0.717) is 6.42 Å². The van der Waals surface area contributed by atoms with Crippen molar-refractivity contribution in [2.75, 3.05) is 5.75 Å². The van der Waals surface area contributed by atoms with Crippen LogP contribution in [0.1, 0.15) is 26.7 Å². The molecule has 0 spiro atoms. The van der Waals surface area contributed by atoms with Gasteiger partial charge in [-0.2, -0.15) is 0 Å². The van der Waals surface area contributed by atoms with Crippen molar-refractivity contribution in [2.45, 2.75) is 32.8 Å². The van der Waals surface area contributed by atoms with Crippen LogP contribution in [0.3, 0.4) is 0 Å². The molecular weight excluding hydrogens is 180 g/mol. The Kier molecular flexibility index (Phi) is 5.92. The molecule has 4 nitrogen and oxygen atoms in total. The normalized spacial score (nSPS) is 13.0. The standard InChI is InChI=1S/C7H14O4S/c1-6(2)11-7(8)4-3-5-12(9)10/h6H,3-5H2,1-2H3,(H,9,10). The van der Waals surface area contributed by atoms with E-state index in [1.165, 1.54) is 0 Å². The van der Waals surface area contributed by atoms with Gasteiger partial charge in [-0.3, -0.25) is 4.79 Å². The third kappa shape index (κ3) is 7.68. The number of carbonyl (C=O) groups is 1. The molecule has 5 heteroatoms. The summed E-state index contributed by atoms with van der Waals surface area (Å²) >= 11 is -1.80. The second-order valence-corrected chi connectivity index (χ2v) is 3.72. The van der Waals surface area contributed by atoms with Gasteiger partial charge in [0.05, 0.1) is 6.10 Å². The lowest BCUT2D eigenvalue weighted by molar-refractivity contribution is -0.147.